The van der Waals surface area contributed by atoms with Crippen molar-refractivity contribution >= 4 is 12.0 Å². The van der Waals surface area contributed by atoms with Crippen molar-refractivity contribution in [2.24, 2.45) is 0 Å². The van der Waals surface area contributed by atoms with E-state index in [1.54, 1.807) is 0 Å². The molecular formula is C35H46O19. The van der Waals surface area contributed by atoms with Crippen LogP contribution in [0.1, 0.15) is 25.0 Å². The van der Waals surface area contributed by atoms with Gasteiger partial charge < -0.3 is 89.3 Å². The summed E-state index contributed by atoms with van der Waals surface area (Å²) in [5.41, 5.74) is 0.811. The third kappa shape index (κ3) is 9.58. The molecule has 54 heavy (non-hydrogen) atoms. The number of hydrogen-bond donors (Lipinski definition) is 11. The van der Waals surface area contributed by atoms with Gasteiger partial charge in [0.05, 0.1) is 25.4 Å². The van der Waals surface area contributed by atoms with Crippen LogP contribution in [0.25, 0.3) is 6.08 Å². The van der Waals surface area contributed by atoms with E-state index in [1.165, 1.54) is 56.3 Å². The Hall–Kier alpha value is -3.67. The van der Waals surface area contributed by atoms with Gasteiger partial charge in [0.2, 0.25) is 0 Å². The number of aliphatic hydroxyl groups excluding tert-OH is 7. The molecule has 3 heterocycles. The third-order valence-corrected chi connectivity index (χ3v) is 9.32. The van der Waals surface area contributed by atoms with Gasteiger partial charge in [0.1, 0.15) is 54.9 Å². The molecule has 2 aromatic carbocycles. The van der Waals surface area contributed by atoms with Crippen molar-refractivity contribution in [3.05, 3.63) is 53.6 Å². The van der Waals surface area contributed by atoms with Crippen LogP contribution in [0.3, 0.4) is 0 Å². The van der Waals surface area contributed by atoms with E-state index in [1.807, 2.05) is 0 Å². The predicted octanol–water partition coefficient (Wildman–Crippen LogP) is -2.16. The van der Waals surface area contributed by atoms with E-state index in [0.717, 1.165) is 6.08 Å². The van der Waals surface area contributed by atoms with Crippen molar-refractivity contribution in [2.75, 3.05) is 13.2 Å². The van der Waals surface area contributed by atoms with Crippen molar-refractivity contribution < 1.29 is 94.1 Å². The zero-order chi connectivity index (χ0) is 39.4. The number of phenolic OH excluding ortho intramolecular Hbond substituents is 4. The van der Waals surface area contributed by atoms with Gasteiger partial charge in [-0.25, -0.2) is 4.79 Å². The van der Waals surface area contributed by atoms with Crippen LogP contribution in [0.2, 0.25) is 0 Å². The molecule has 11 N–H and O–H groups in total. The van der Waals surface area contributed by atoms with E-state index in [9.17, 15) is 61.0 Å². The highest BCUT2D eigenvalue weighted by atomic mass is 16.8. The predicted molar refractivity (Wildman–Crippen MR) is 178 cm³/mol. The van der Waals surface area contributed by atoms with Gasteiger partial charge in [-0.15, -0.1) is 0 Å². The minimum Gasteiger partial charge on any atom is -0.504 e. The first-order valence-corrected chi connectivity index (χ1v) is 17.1. The first-order valence-electron chi connectivity index (χ1n) is 17.1. The molecular weight excluding hydrogens is 724 g/mol. The Bertz CT molecular complexity index is 1590. The van der Waals surface area contributed by atoms with Gasteiger partial charge in [-0.2, -0.15) is 0 Å². The lowest BCUT2D eigenvalue weighted by molar-refractivity contribution is -0.363. The fourth-order valence-corrected chi connectivity index (χ4v) is 6.08. The molecule has 3 saturated heterocycles. The topological polar surface area (TPSA) is 304 Å². The molecule has 0 saturated carbocycles. The molecule has 0 aliphatic carbocycles. The first kappa shape index (κ1) is 41.5. The second-order valence-electron chi connectivity index (χ2n) is 13.3. The summed E-state index contributed by atoms with van der Waals surface area (Å²) in [6.07, 6.45) is -21.1. The fourth-order valence-electron chi connectivity index (χ4n) is 6.08. The largest absolute Gasteiger partial charge is 0.504 e. The zero-order valence-electron chi connectivity index (χ0n) is 29.1. The standard InChI is InChI=1S/C35H46O19/c1-14-24(41)26(43)28(45)33(50-14)49-13-22-31(53-23(40)8-5-16-3-6-18(36)20(38)11-16)32(54-35-29(46)27(44)25(42)15(2)51-35)30(47)34(52-22)48-10-9-17-4-7-19(37)21(39)12-17/h3-8,11-12,14-15,22,24-39,41-47H,9-10,13H2,1-2H3/b8-5+/t14-,15+,22-,24+,25-,26+,27-,28+,29-,30+,31+,32-,33-,34-,35-/m0/s1. The molecule has 3 fully saturated rings. The number of esters is 1. The van der Waals surface area contributed by atoms with Gasteiger partial charge in [-0.3, -0.25) is 0 Å². The van der Waals surface area contributed by atoms with E-state index < -0.39 is 116 Å². The summed E-state index contributed by atoms with van der Waals surface area (Å²) < 4.78 is 40.4. The molecule has 0 bridgehead atoms. The summed E-state index contributed by atoms with van der Waals surface area (Å²) in [6, 6.07) is 7.83. The normalized spacial score (nSPS) is 37.3. The van der Waals surface area contributed by atoms with Crippen LogP contribution in [0.15, 0.2) is 42.5 Å². The second-order valence-corrected chi connectivity index (χ2v) is 13.3. The Balaban J connectivity index is 1.43. The minimum atomic E-state index is -1.86. The van der Waals surface area contributed by atoms with Crippen LogP contribution in [-0.4, -0.2) is 167 Å². The molecule has 2 aromatic rings. The van der Waals surface area contributed by atoms with Crippen LogP contribution in [0, 0.1) is 0 Å². The molecule has 19 nitrogen and oxygen atoms in total. The third-order valence-electron chi connectivity index (χ3n) is 9.32. The van der Waals surface area contributed by atoms with E-state index in [2.05, 4.69) is 0 Å². The average Bonchev–Trinajstić information content (AvgIpc) is 3.14. The number of aromatic hydroxyl groups is 4. The average molecular weight is 771 g/mol. The van der Waals surface area contributed by atoms with Gasteiger partial charge in [0.15, 0.2) is 48.0 Å². The van der Waals surface area contributed by atoms with Gasteiger partial charge in [0, 0.05) is 6.08 Å². The maximum atomic E-state index is 13.3. The van der Waals surface area contributed by atoms with Crippen molar-refractivity contribution in [1.29, 1.82) is 0 Å². The molecule has 15 atom stereocenters. The van der Waals surface area contributed by atoms with Crippen molar-refractivity contribution in [2.45, 2.75) is 112 Å². The van der Waals surface area contributed by atoms with Crippen LogP contribution in [0.4, 0.5) is 0 Å². The quantitative estimate of drug-likeness (QED) is 0.0622. The molecule has 3 aliphatic rings. The lowest BCUT2D eigenvalue weighted by Crippen LogP contribution is -2.65. The molecule has 0 spiro atoms. The van der Waals surface area contributed by atoms with Crippen LogP contribution < -0.4 is 0 Å². The van der Waals surface area contributed by atoms with E-state index >= 15 is 0 Å². The smallest absolute Gasteiger partial charge is 0.331 e. The fraction of sp³-hybridized carbons (Fsp3) is 0.571. The van der Waals surface area contributed by atoms with Crippen molar-refractivity contribution in [1.82, 2.24) is 0 Å². The highest BCUT2D eigenvalue weighted by molar-refractivity contribution is 5.87. The number of carbonyl (C=O) groups is 1. The summed E-state index contributed by atoms with van der Waals surface area (Å²) in [6.45, 7) is 2.06. The Kier molecular flexibility index (Phi) is 13.7. The maximum absolute atomic E-state index is 13.3. The number of rotatable bonds is 12. The number of carbonyl (C=O) groups excluding carboxylic acids is 1. The van der Waals surface area contributed by atoms with Crippen molar-refractivity contribution in [3.8, 4) is 23.0 Å². The molecule has 0 radical (unpaired) electrons. The molecule has 0 unspecified atom stereocenters. The minimum absolute atomic E-state index is 0.134. The summed E-state index contributed by atoms with van der Waals surface area (Å²) >= 11 is 0. The second kappa shape index (κ2) is 17.9. The SMILES string of the molecule is C[C@@H]1O[C@H](OC[C@@H]2O[C@H](OCCc3ccc(O)c(O)c3)[C@H](O)[C@H](O[C@@H]3O[C@H](C)[C@H](O)[C@H](O)[C@@H]3O)[C@@H]2OC(=O)/C=C/c2ccc(O)c(O)c2)[C@H](O)[C@H](O)[C@@H]1O. The summed E-state index contributed by atoms with van der Waals surface area (Å²) in [5.74, 6) is -2.62. The summed E-state index contributed by atoms with van der Waals surface area (Å²) in [5, 5.41) is 113. The van der Waals surface area contributed by atoms with E-state index in [4.69, 9.17) is 33.2 Å². The van der Waals surface area contributed by atoms with E-state index in [0.29, 0.717) is 5.56 Å². The molecule has 300 valence electrons. The van der Waals surface area contributed by atoms with Crippen molar-refractivity contribution in [3.63, 3.8) is 0 Å². The van der Waals surface area contributed by atoms with Gasteiger partial charge in [0.25, 0.3) is 0 Å². The van der Waals surface area contributed by atoms with Gasteiger partial charge in [-0.1, -0.05) is 12.1 Å². The highest BCUT2D eigenvalue weighted by Gasteiger charge is 2.53. The summed E-state index contributed by atoms with van der Waals surface area (Å²) in [7, 11) is 0. The first-order chi connectivity index (χ1) is 25.5. The number of ether oxygens (including phenoxy) is 7. The zero-order valence-corrected chi connectivity index (χ0v) is 29.1. The Morgan fingerprint density at radius 1 is 0.648 bits per heavy atom. The van der Waals surface area contributed by atoms with Crippen LogP contribution in [0.5, 0.6) is 23.0 Å². The Morgan fingerprint density at radius 3 is 1.85 bits per heavy atom. The molecule has 0 aromatic heterocycles. The van der Waals surface area contributed by atoms with Gasteiger partial charge in [-0.05, 0) is 61.7 Å². The Morgan fingerprint density at radius 2 is 1.22 bits per heavy atom. The maximum Gasteiger partial charge on any atom is 0.331 e. The van der Waals surface area contributed by atoms with Gasteiger partial charge >= 0.3 is 5.97 Å². The molecule has 5 rings (SSSR count). The monoisotopic (exact) mass is 770 g/mol. The number of benzene rings is 2. The highest BCUT2D eigenvalue weighted by Crippen LogP contribution is 2.33. The van der Waals surface area contributed by atoms with Crippen LogP contribution >= 0.6 is 0 Å². The molecule has 19 heteroatoms. The lowest BCUT2D eigenvalue weighted by Gasteiger charge is -2.47. The number of aliphatic hydroxyl groups is 7. The lowest BCUT2D eigenvalue weighted by atomic mass is 9.96. The Labute approximate surface area is 308 Å². The van der Waals surface area contributed by atoms with E-state index in [-0.39, 0.29) is 30.1 Å². The summed E-state index contributed by atoms with van der Waals surface area (Å²) in [4.78, 5) is 13.3. The molecule has 0 amide bonds. The number of hydrogen-bond acceptors (Lipinski definition) is 19. The molecule has 3 aliphatic heterocycles. The number of phenols is 4. The van der Waals surface area contributed by atoms with Crippen LogP contribution in [-0.2, 0) is 44.4 Å².